The van der Waals surface area contributed by atoms with Crippen molar-refractivity contribution < 1.29 is 18.4 Å². The number of carbonyl (C=O) groups is 2. The van der Waals surface area contributed by atoms with Gasteiger partial charge in [-0.15, -0.1) is 0 Å². The zero-order valence-electron chi connectivity index (χ0n) is 11.2. The topological polar surface area (TPSA) is 72.2 Å². The van der Waals surface area contributed by atoms with Crippen LogP contribution < -0.4 is 11.1 Å². The Balaban J connectivity index is 2.15. The molecule has 0 heterocycles. The quantitative estimate of drug-likeness (QED) is 0.849. The Morgan fingerprint density at radius 1 is 1.09 bits per heavy atom. The van der Waals surface area contributed by atoms with Crippen LogP contribution in [0.2, 0.25) is 5.02 Å². The molecule has 2 aromatic rings. The molecule has 0 aliphatic rings. The molecule has 0 atom stereocenters. The minimum atomic E-state index is -1.12. The number of primary amides is 1. The number of nitrogens with one attached hydrogen (secondary N) is 1. The molecular weight excluding hydrogens is 314 g/mol. The molecule has 2 amide bonds. The summed E-state index contributed by atoms with van der Waals surface area (Å²) >= 11 is 5.43. The Bertz CT molecular complexity index is 733. The van der Waals surface area contributed by atoms with Crippen LogP contribution in [0.5, 0.6) is 0 Å². The van der Waals surface area contributed by atoms with Crippen molar-refractivity contribution in [2.45, 2.75) is 6.42 Å². The number of carbonyl (C=O) groups excluding carboxylic acids is 2. The van der Waals surface area contributed by atoms with Crippen LogP contribution in [-0.4, -0.2) is 11.8 Å². The van der Waals surface area contributed by atoms with Crippen molar-refractivity contribution >= 4 is 29.1 Å². The van der Waals surface area contributed by atoms with Crippen LogP contribution in [0.1, 0.15) is 15.9 Å². The minimum absolute atomic E-state index is 0.0798. The molecule has 2 rings (SSSR count). The second-order valence-electron chi connectivity index (χ2n) is 4.52. The van der Waals surface area contributed by atoms with Gasteiger partial charge in [-0.1, -0.05) is 23.7 Å². The second-order valence-corrected chi connectivity index (χ2v) is 4.90. The van der Waals surface area contributed by atoms with Gasteiger partial charge in [0.2, 0.25) is 5.91 Å². The predicted octanol–water partition coefficient (Wildman–Crippen LogP) is 2.90. The van der Waals surface area contributed by atoms with Gasteiger partial charge < -0.3 is 11.1 Å². The minimum Gasteiger partial charge on any atom is -0.369 e. The fraction of sp³-hybridized carbons (Fsp3) is 0.0667. The van der Waals surface area contributed by atoms with E-state index in [1.807, 2.05) is 0 Å². The van der Waals surface area contributed by atoms with E-state index in [2.05, 4.69) is 5.32 Å². The van der Waals surface area contributed by atoms with E-state index in [-0.39, 0.29) is 12.0 Å². The summed E-state index contributed by atoms with van der Waals surface area (Å²) in [7, 11) is 0. The van der Waals surface area contributed by atoms with Crippen LogP contribution in [0.25, 0.3) is 0 Å². The lowest BCUT2D eigenvalue weighted by molar-refractivity contribution is -0.117. The van der Waals surface area contributed by atoms with Gasteiger partial charge in [0.25, 0.3) is 5.91 Å². The van der Waals surface area contributed by atoms with Gasteiger partial charge in [-0.05, 0) is 29.8 Å². The molecule has 2 aromatic carbocycles. The lowest BCUT2D eigenvalue weighted by Gasteiger charge is -2.08. The molecule has 0 spiro atoms. The molecule has 0 saturated carbocycles. The lowest BCUT2D eigenvalue weighted by Crippen LogP contribution is -2.15. The van der Waals surface area contributed by atoms with Gasteiger partial charge in [-0.2, -0.15) is 0 Å². The molecule has 0 aliphatic heterocycles. The molecule has 4 nitrogen and oxygen atoms in total. The summed E-state index contributed by atoms with van der Waals surface area (Å²) in [4.78, 5) is 22.7. The van der Waals surface area contributed by atoms with E-state index in [1.165, 1.54) is 0 Å². The first-order valence-electron chi connectivity index (χ1n) is 6.20. The summed E-state index contributed by atoms with van der Waals surface area (Å²) in [5.74, 6) is -3.29. The van der Waals surface area contributed by atoms with Crippen molar-refractivity contribution in [1.29, 1.82) is 0 Å². The Morgan fingerprint density at radius 3 is 2.32 bits per heavy atom. The smallest absolute Gasteiger partial charge is 0.258 e. The van der Waals surface area contributed by atoms with Gasteiger partial charge in [0.15, 0.2) is 5.82 Å². The maximum Gasteiger partial charge on any atom is 0.258 e. The largest absolute Gasteiger partial charge is 0.369 e. The van der Waals surface area contributed by atoms with Crippen molar-refractivity contribution in [3.8, 4) is 0 Å². The first kappa shape index (κ1) is 15.9. The number of halogens is 3. The van der Waals surface area contributed by atoms with Crippen molar-refractivity contribution in [2.75, 3.05) is 5.32 Å². The Morgan fingerprint density at radius 2 is 1.73 bits per heavy atom. The van der Waals surface area contributed by atoms with E-state index in [1.54, 1.807) is 24.3 Å². The molecule has 0 aromatic heterocycles. The van der Waals surface area contributed by atoms with Crippen LogP contribution in [-0.2, 0) is 11.2 Å². The first-order valence-corrected chi connectivity index (χ1v) is 6.58. The highest BCUT2D eigenvalue weighted by Crippen LogP contribution is 2.22. The number of hydrogen-bond donors (Lipinski definition) is 2. The summed E-state index contributed by atoms with van der Waals surface area (Å²) < 4.78 is 26.8. The van der Waals surface area contributed by atoms with E-state index >= 15 is 0 Å². The summed E-state index contributed by atoms with van der Waals surface area (Å²) in [5.41, 5.74) is 5.77. The third kappa shape index (κ3) is 3.59. The van der Waals surface area contributed by atoms with Crippen molar-refractivity contribution in [3.05, 3.63) is 64.2 Å². The first-order chi connectivity index (χ1) is 10.4. The summed E-state index contributed by atoms with van der Waals surface area (Å²) in [6, 6.07) is 8.21. The highest BCUT2D eigenvalue weighted by molar-refractivity contribution is 6.31. The molecule has 0 fully saturated rings. The average Bonchev–Trinajstić information content (AvgIpc) is 2.46. The summed E-state index contributed by atoms with van der Waals surface area (Å²) in [6.45, 7) is 0. The normalized spacial score (nSPS) is 10.3. The van der Waals surface area contributed by atoms with Crippen molar-refractivity contribution in [3.63, 3.8) is 0 Å². The standard InChI is InChI=1S/C15H11ClF2N2O2/c16-13-11(17)6-5-10(14(13)18)15(22)20-9-3-1-8(2-4-9)7-12(19)21/h1-6H,7H2,(H2,19,21)(H,20,22). The fourth-order valence-corrected chi connectivity index (χ4v) is 1.97. The van der Waals surface area contributed by atoms with Gasteiger partial charge in [0.05, 0.1) is 12.0 Å². The number of rotatable bonds is 4. The van der Waals surface area contributed by atoms with Crippen molar-refractivity contribution in [1.82, 2.24) is 0 Å². The summed E-state index contributed by atoms with van der Waals surface area (Å²) in [5, 5.41) is 1.72. The number of hydrogen-bond acceptors (Lipinski definition) is 2. The molecule has 0 unspecified atom stereocenters. The van der Waals surface area contributed by atoms with Crippen LogP contribution in [0.4, 0.5) is 14.5 Å². The van der Waals surface area contributed by atoms with Gasteiger partial charge >= 0.3 is 0 Å². The van der Waals surface area contributed by atoms with Crippen LogP contribution in [0.3, 0.4) is 0 Å². The van der Waals surface area contributed by atoms with Crippen LogP contribution in [0.15, 0.2) is 36.4 Å². The van der Waals surface area contributed by atoms with E-state index in [0.717, 1.165) is 12.1 Å². The number of anilines is 1. The Labute approximate surface area is 129 Å². The van der Waals surface area contributed by atoms with E-state index < -0.39 is 28.5 Å². The van der Waals surface area contributed by atoms with Crippen LogP contribution in [0, 0.1) is 11.6 Å². The Hall–Kier alpha value is -2.47. The Kier molecular flexibility index (Phi) is 4.72. The molecule has 0 radical (unpaired) electrons. The fourth-order valence-electron chi connectivity index (χ4n) is 1.81. The molecular formula is C15H11ClF2N2O2. The molecule has 0 bridgehead atoms. The van der Waals surface area contributed by atoms with E-state index in [9.17, 15) is 18.4 Å². The van der Waals surface area contributed by atoms with E-state index in [0.29, 0.717) is 11.3 Å². The zero-order chi connectivity index (χ0) is 16.3. The van der Waals surface area contributed by atoms with Gasteiger partial charge in [0, 0.05) is 5.69 Å². The maximum atomic E-state index is 13.7. The summed E-state index contributed by atoms with van der Waals surface area (Å²) in [6.07, 6.45) is 0.0798. The van der Waals surface area contributed by atoms with Gasteiger partial charge in [0.1, 0.15) is 10.8 Å². The molecule has 3 N–H and O–H groups in total. The van der Waals surface area contributed by atoms with E-state index in [4.69, 9.17) is 17.3 Å². The maximum absolute atomic E-state index is 13.7. The van der Waals surface area contributed by atoms with Crippen molar-refractivity contribution in [2.24, 2.45) is 5.73 Å². The molecule has 0 aliphatic carbocycles. The molecule has 7 heteroatoms. The monoisotopic (exact) mass is 324 g/mol. The zero-order valence-corrected chi connectivity index (χ0v) is 12.0. The predicted molar refractivity (Wildman–Crippen MR) is 78.7 cm³/mol. The molecule has 22 heavy (non-hydrogen) atoms. The SMILES string of the molecule is NC(=O)Cc1ccc(NC(=O)c2ccc(F)c(Cl)c2F)cc1. The van der Waals surface area contributed by atoms with Gasteiger partial charge in [-0.3, -0.25) is 9.59 Å². The second kappa shape index (κ2) is 6.53. The number of nitrogens with two attached hydrogens (primary N) is 1. The highest BCUT2D eigenvalue weighted by Gasteiger charge is 2.17. The number of benzene rings is 2. The third-order valence-corrected chi connectivity index (χ3v) is 3.22. The lowest BCUT2D eigenvalue weighted by atomic mass is 10.1. The molecule has 0 saturated heterocycles. The van der Waals surface area contributed by atoms with Gasteiger partial charge in [-0.25, -0.2) is 8.78 Å². The highest BCUT2D eigenvalue weighted by atomic mass is 35.5. The van der Waals surface area contributed by atoms with Crippen LogP contribution >= 0.6 is 11.6 Å². The third-order valence-electron chi connectivity index (χ3n) is 2.87. The number of amides is 2. The average molecular weight is 325 g/mol. The molecule has 114 valence electrons.